The van der Waals surface area contributed by atoms with Gasteiger partial charge in [0.2, 0.25) is 0 Å². The van der Waals surface area contributed by atoms with Crippen LogP contribution in [0.15, 0.2) is 34.5 Å². The van der Waals surface area contributed by atoms with E-state index in [4.69, 9.17) is 0 Å². The van der Waals surface area contributed by atoms with Crippen LogP contribution in [0.1, 0.15) is 36.3 Å². The van der Waals surface area contributed by atoms with Crippen molar-refractivity contribution in [1.82, 2.24) is 10.2 Å². The summed E-state index contributed by atoms with van der Waals surface area (Å²) in [5, 5.41) is 11.5. The molecule has 2 fully saturated rings. The van der Waals surface area contributed by atoms with Gasteiger partial charge in [0.25, 0.3) is 5.91 Å². The number of nitrogens with one attached hydrogen (secondary N) is 1. The van der Waals surface area contributed by atoms with Crippen molar-refractivity contribution < 1.29 is 18.0 Å². The Morgan fingerprint density at radius 1 is 1.15 bits per heavy atom. The molecule has 27 heavy (non-hydrogen) atoms. The Hall–Kier alpha value is -2.22. The molecule has 3 heterocycles. The molecule has 0 saturated carbocycles. The summed E-state index contributed by atoms with van der Waals surface area (Å²) in [6.45, 7) is 2.38. The third-order valence-corrected chi connectivity index (χ3v) is 5.63. The molecule has 1 atom stereocenters. The van der Waals surface area contributed by atoms with Crippen molar-refractivity contribution in [3.63, 3.8) is 0 Å². The molecule has 1 amide bonds. The Balaban J connectivity index is 1.42. The van der Waals surface area contributed by atoms with Crippen LogP contribution in [0.4, 0.5) is 13.2 Å². The van der Waals surface area contributed by atoms with Crippen LogP contribution in [-0.2, 0) is 11.0 Å². The number of hydrogen-bond acceptors (Lipinski definition) is 4. The minimum absolute atomic E-state index is 0.0603. The zero-order valence-corrected chi connectivity index (χ0v) is 14.8. The highest BCUT2D eigenvalue weighted by Crippen LogP contribution is 2.38. The third kappa shape index (κ3) is 3.50. The highest BCUT2D eigenvalue weighted by molar-refractivity contribution is 6.44. The molecule has 1 aromatic carbocycles. The summed E-state index contributed by atoms with van der Waals surface area (Å²) in [5.74, 6) is -0.388. The van der Waals surface area contributed by atoms with Gasteiger partial charge in [-0.2, -0.15) is 18.3 Å². The van der Waals surface area contributed by atoms with E-state index in [2.05, 4.69) is 15.5 Å². The van der Waals surface area contributed by atoms with Gasteiger partial charge < -0.3 is 10.2 Å². The second-order valence-electron chi connectivity index (χ2n) is 7.23. The lowest BCUT2D eigenvalue weighted by molar-refractivity contribution is -0.138. The predicted octanol–water partition coefficient (Wildman–Crippen LogP) is 2.83. The van der Waals surface area contributed by atoms with E-state index in [1.165, 1.54) is 6.07 Å². The van der Waals surface area contributed by atoms with Gasteiger partial charge in [-0.15, -0.1) is 5.10 Å². The number of hydrogen-bond donors (Lipinski definition) is 1. The number of nitrogens with zero attached hydrogens (tertiary/aromatic N) is 3. The molecule has 5 nitrogen and oxygen atoms in total. The summed E-state index contributed by atoms with van der Waals surface area (Å²) >= 11 is 0. The minimum atomic E-state index is -4.36. The number of alkyl halides is 3. The van der Waals surface area contributed by atoms with E-state index in [-0.39, 0.29) is 17.7 Å². The Bertz CT molecular complexity index is 794. The first kappa shape index (κ1) is 18.2. The fourth-order valence-corrected chi connectivity index (χ4v) is 4.18. The fraction of sp³-hybridized carbons (Fsp3) is 0.526. The quantitative estimate of drug-likeness (QED) is 0.860. The molecule has 1 aromatic rings. The van der Waals surface area contributed by atoms with Crippen molar-refractivity contribution in [2.45, 2.75) is 31.4 Å². The van der Waals surface area contributed by atoms with Gasteiger partial charge in [0.05, 0.1) is 17.2 Å². The summed E-state index contributed by atoms with van der Waals surface area (Å²) in [7, 11) is 0. The molecule has 0 aliphatic carbocycles. The number of benzene rings is 1. The zero-order chi connectivity index (χ0) is 19.0. The van der Waals surface area contributed by atoms with E-state index in [1.54, 1.807) is 17.0 Å². The molecule has 4 rings (SSSR count). The Kier molecular flexibility index (Phi) is 4.75. The predicted molar refractivity (Wildman–Crippen MR) is 95.8 cm³/mol. The lowest BCUT2D eigenvalue weighted by atomic mass is 9.85. The minimum Gasteiger partial charge on any atom is -0.337 e. The number of rotatable bonds is 2. The molecular weight excluding hydrogens is 357 g/mol. The number of carbonyl (C=O) groups excluding carboxylic acids is 1. The summed E-state index contributed by atoms with van der Waals surface area (Å²) in [5.41, 5.74) is 1.18. The molecule has 0 bridgehead atoms. The van der Waals surface area contributed by atoms with E-state index in [0.29, 0.717) is 43.8 Å². The second-order valence-corrected chi connectivity index (χ2v) is 7.23. The molecule has 8 heteroatoms. The van der Waals surface area contributed by atoms with Crippen LogP contribution in [0.5, 0.6) is 0 Å². The van der Waals surface area contributed by atoms with Crippen molar-refractivity contribution in [1.29, 1.82) is 0 Å². The first-order chi connectivity index (χ1) is 12.9. The van der Waals surface area contributed by atoms with Crippen molar-refractivity contribution in [3.05, 3.63) is 35.4 Å². The number of fused-ring (bicyclic) bond motifs is 1. The van der Waals surface area contributed by atoms with Crippen molar-refractivity contribution in [2.75, 3.05) is 26.2 Å². The van der Waals surface area contributed by atoms with Gasteiger partial charge in [0.15, 0.2) is 0 Å². The third-order valence-electron chi connectivity index (χ3n) is 5.63. The Labute approximate surface area is 155 Å². The molecule has 2 saturated heterocycles. The van der Waals surface area contributed by atoms with Gasteiger partial charge in [-0.1, -0.05) is 18.2 Å². The van der Waals surface area contributed by atoms with Gasteiger partial charge in [-0.3, -0.25) is 4.79 Å². The SMILES string of the molecule is O=C(C1=NN=C2CCNCC21)N1CCC(c2ccccc2C(F)(F)F)CC1. The summed E-state index contributed by atoms with van der Waals surface area (Å²) in [6.07, 6.45) is -2.53. The van der Waals surface area contributed by atoms with E-state index >= 15 is 0 Å². The van der Waals surface area contributed by atoms with Crippen molar-refractivity contribution >= 4 is 17.3 Å². The van der Waals surface area contributed by atoms with Gasteiger partial charge in [0.1, 0.15) is 5.71 Å². The zero-order valence-electron chi connectivity index (χ0n) is 14.8. The second kappa shape index (κ2) is 7.07. The molecule has 0 spiro atoms. The number of carbonyl (C=O) groups is 1. The number of amides is 1. The summed E-state index contributed by atoms with van der Waals surface area (Å²) in [4.78, 5) is 14.5. The molecule has 1 N–H and O–H groups in total. The Morgan fingerprint density at radius 2 is 1.89 bits per heavy atom. The van der Waals surface area contributed by atoms with Crippen LogP contribution < -0.4 is 5.32 Å². The lowest BCUT2D eigenvalue weighted by Crippen LogP contribution is -2.48. The normalized spacial score (nSPS) is 23.7. The van der Waals surface area contributed by atoms with Gasteiger partial charge in [0, 0.05) is 32.6 Å². The summed E-state index contributed by atoms with van der Waals surface area (Å²) in [6, 6.07) is 5.75. The van der Waals surface area contributed by atoms with E-state index < -0.39 is 11.7 Å². The average molecular weight is 378 g/mol. The number of piperidine rings is 2. The van der Waals surface area contributed by atoms with Crippen molar-refractivity contribution in [3.8, 4) is 0 Å². The van der Waals surface area contributed by atoms with E-state index in [1.807, 2.05) is 0 Å². The standard InChI is InChI=1S/C19H21F3N4O/c20-19(21,22)15-4-2-1-3-13(15)12-6-9-26(10-7-12)18(27)17-14-11-23-8-5-16(14)24-25-17/h1-4,12,14,23H,5-11H2. The fourth-order valence-electron chi connectivity index (χ4n) is 4.18. The molecule has 0 aromatic heterocycles. The summed E-state index contributed by atoms with van der Waals surface area (Å²) < 4.78 is 39.8. The maximum absolute atomic E-state index is 13.3. The van der Waals surface area contributed by atoms with Crippen LogP contribution in [0.2, 0.25) is 0 Å². The average Bonchev–Trinajstić information content (AvgIpc) is 3.11. The molecule has 3 aliphatic rings. The van der Waals surface area contributed by atoms with Gasteiger partial charge in [-0.25, -0.2) is 0 Å². The maximum Gasteiger partial charge on any atom is 0.416 e. The first-order valence-corrected chi connectivity index (χ1v) is 9.25. The monoisotopic (exact) mass is 378 g/mol. The number of likely N-dealkylation sites (tertiary alicyclic amines) is 1. The van der Waals surface area contributed by atoms with Gasteiger partial charge >= 0.3 is 6.18 Å². The highest BCUT2D eigenvalue weighted by atomic mass is 19.4. The van der Waals surface area contributed by atoms with E-state index in [0.717, 1.165) is 24.7 Å². The van der Waals surface area contributed by atoms with Gasteiger partial charge in [-0.05, 0) is 30.4 Å². The Morgan fingerprint density at radius 3 is 2.63 bits per heavy atom. The lowest BCUT2D eigenvalue weighted by Gasteiger charge is -2.34. The van der Waals surface area contributed by atoms with E-state index in [9.17, 15) is 18.0 Å². The van der Waals surface area contributed by atoms with Crippen LogP contribution in [0.3, 0.4) is 0 Å². The molecule has 0 radical (unpaired) electrons. The largest absolute Gasteiger partial charge is 0.416 e. The topological polar surface area (TPSA) is 57.1 Å². The maximum atomic E-state index is 13.3. The van der Waals surface area contributed by atoms with Crippen LogP contribution >= 0.6 is 0 Å². The smallest absolute Gasteiger partial charge is 0.337 e. The highest BCUT2D eigenvalue weighted by Gasteiger charge is 2.39. The van der Waals surface area contributed by atoms with Crippen LogP contribution in [-0.4, -0.2) is 48.4 Å². The van der Waals surface area contributed by atoms with Crippen LogP contribution in [0.25, 0.3) is 0 Å². The molecule has 144 valence electrons. The van der Waals surface area contributed by atoms with Crippen molar-refractivity contribution in [2.24, 2.45) is 16.1 Å². The molecule has 1 unspecified atom stereocenters. The van der Waals surface area contributed by atoms with Crippen LogP contribution in [0, 0.1) is 5.92 Å². The molecule has 3 aliphatic heterocycles. The first-order valence-electron chi connectivity index (χ1n) is 9.25. The molecular formula is C19H21F3N4O. The number of halogens is 3.